The zero-order valence-electron chi connectivity index (χ0n) is 26.8. The number of imide groups is 1. The Kier molecular flexibility index (Phi) is 8.32. The number of nitrogens with zero attached hydrogens (tertiary/aromatic N) is 1. The SMILES string of the molecule is COc1cc([C@H]2C3=CC[C@@H]4C(=O)N(Cc5cccs5)C(=O)[C@@H]4[C@@H]3C[C@H]3C(=O)C(c4ccccc4)=CC(=O)[C@@]23c2ccccc2)c(Br)c(Br)c1O. The van der Waals surface area contributed by atoms with Crippen molar-refractivity contribution in [3.8, 4) is 11.5 Å². The lowest BCUT2D eigenvalue weighted by Crippen LogP contribution is -2.59. The smallest absolute Gasteiger partial charge is 0.234 e. The predicted molar refractivity (Wildman–Crippen MR) is 197 cm³/mol. The Balaban J connectivity index is 1.39. The monoisotopic (exact) mass is 811 g/mol. The van der Waals surface area contributed by atoms with Crippen LogP contribution in [0.25, 0.3) is 5.57 Å². The van der Waals surface area contributed by atoms with Crippen LogP contribution in [-0.2, 0) is 31.1 Å². The number of likely N-dealkylation sites (tertiary alicyclic amines) is 1. The summed E-state index contributed by atoms with van der Waals surface area (Å²) in [5.74, 6) is -4.15. The molecule has 3 aromatic carbocycles. The van der Waals surface area contributed by atoms with Crippen molar-refractivity contribution >= 4 is 72.2 Å². The molecular formula is C40H31Br2NO6S. The molecule has 1 aliphatic heterocycles. The molecule has 2 heterocycles. The van der Waals surface area contributed by atoms with Crippen molar-refractivity contribution in [2.24, 2.45) is 23.7 Å². The van der Waals surface area contributed by atoms with Gasteiger partial charge in [0.25, 0.3) is 0 Å². The molecule has 1 aromatic heterocycles. The second kappa shape index (κ2) is 12.6. The third-order valence-electron chi connectivity index (χ3n) is 11.1. The lowest BCUT2D eigenvalue weighted by molar-refractivity contribution is -0.141. The van der Waals surface area contributed by atoms with Crippen LogP contribution in [0.2, 0.25) is 0 Å². The maximum absolute atomic E-state index is 15.2. The molecule has 10 heteroatoms. The highest BCUT2D eigenvalue weighted by molar-refractivity contribution is 9.13. The van der Waals surface area contributed by atoms with Crippen LogP contribution in [0.3, 0.4) is 0 Å². The first-order valence-corrected chi connectivity index (χ1v) is 18.9. The molecular weight excluding hydrogens is 782 g/mol. The molecule has 50 heavy (non-hydrogen) atoms. The second-order valence-electron chi connectivity index (χ2n) is 13.3. The van der Waals surface area contributed by atoms with E-state index in [0.29, 0.717) is 37.6 Å². The Morgan fingerprint density at radius 2 is 1.64 bits per heavy atom. The van der Waals surface area contributed by atoms with E-state index < -0.39 is 35.0 Å². The zero-order valence-corrected chi connectivity index (χ0v) is 30.8. The summed E-state index contributed by atoms with van der Waals surface area (Å²) in [5, 5.41) is 12.9. The van der Waals surface area contributed by atoms with Gasteiger partial charge in [-0.15, -0.1) is 11.3 Å². The van der Waals surface area contributed by atoms with Crippen LogP contribution in [0.15, 0.2) is 111 Å². The topological polar surface area (TPSA) is 101 Å². The Labute approximate surface area is 309 Å². The first-order chi connectivity index (χ1) is 24.2. The molecule has 0 spiro atoms. The van der Waals surface area contributed by atoms with Gasteiger partial charge in [-0.1, -0.05) is 78.4 Å². The van der Waals surface area contributed by atoms with Crippen LogP contribution < -0.4 is 4.74 Å². The number of hydrogen-bond acceptors (Lipinski definition) is 7. The van der Waals surface area contributed by atoms with E-state index in [1.807, 2.05) is 84.3 Å². The molecule has 6 atom stereocenters. The fourth-order valence-corrected chi connectivity index (χ4v) is 10.6. The van der Waals surface area contributed by atoms with Crippen molar-refractivity contribution in [3.63, 3.8) is 0 Å². The summed E-state index contributed by atoms with van der Waals surface area (Å²) >= 11 is 8.77. The maximum atomic E-state index is 15.2. The van der Waals surface area contributed by atoms with Gasteiger partial charge in [-0.05, 0) is 90.9 Å². The van der Waals surface area contributed by atoms with Crippen LogP contribution in [0, 0.1) is 23.7 Å². The molecule has 2 fully saturated rings. The molecule has 8 rings (SSSR count). The fraction of sp³-hybridized carbons (Fsp3) is 0.250. The number of Topliss-reactive ketones (excluding diaryl/α,β-unsaturated/α-hetero) is 1. The molecule has 7 nitrogen and oxygen atoms in total. The number of phenolic OH excluding ortho intramolecular Hbond substituents is 1. The molecule has 3 aliphatic carbocycles. The van der Waals surface area contributed by atoms with E-state index in [0.717, 1.165) is 10.5 Å². The largest absolute Gasteiger partial charge is 0.503 e. The molecule has 1 N–H and O–H groups in total. The first kappa shape index (κ1) is 33.0. The number of amides is 2. The number of benzene rings is 3. The highest BCUT2D eigenvalue weighted by Crippen LogP contribution is 2.65. The molecule has 1 saturated heterocycles. The van der Waals surface area contributed by atoms with Crippen molar-refractivity contribution in [2.75, 3.05) is 7.11 Å². The number of halogens is 2. The van der Waals surface area contributed by atoms with Gasteiger partial charge in [0.2, 0.25) is 11.8 Å². The quantitative estimate of drug-likeness (QED) is 0.157. The third-order valence-corrected chi connectivity index (χ3v) is 14.1. The normalized spacial score (nSPS) is 27.3. The second-order valence-corrected chi connectivity index (χ2v) is 15.9. The van der Waals surface area contributed by atoms with Crippen molar-refractivity contribution in [1.82, 2.24) is 4.90 Å². The lowest BCUT2D eigenvalue weighted by Gasteiger charge is -2.55. The molecule has 4 aliphatic rings. The standard InChI is InChI=1S/C40H31Br2NO6S/c1-49-30-18-28(34(41)35(42)37(30)46)33-24-14-15-25-32(39(48)43(38(25)47)20-23-13-8-16-50-23)27(24)17-29-36(45)26(21-9-4-2-5-10-21)19-31(44)40(29,33)22-11-6-3-7-12-22/h2-14,16,18-19,25,27,29,32-33,46H,15,17,20H2,1H3/t25-,27+,29-,32-,33+,40-/m0/s1. The average Bonchev–Trinajstić information content (AvgIpc) is 3.75. The van der Waals surface area contributed by atoms with E-state index in [9.17, 15) is 14.7 Å². The number of hydrogen-bond donors (Lipinski definition) is 1. The number of aromatic hydroxyl groups is 1. The lowest BCUT2D eigenvalue weighted by atomic mass is 9.44. The van der Waals surface area contributed by atoms with Gasteiger partial charge < -0.3 is 9.84 Å². The van der Waals surface area contributed by atoms with Crippen LogP contribution in [-0.4, -0.2) is 40.5 Å². The van der Waals surface area contributed by atoms with Crippen LogP contribution in [0.4, 0.5) is 0 Å². The van der Waals surface area contributed by atoms with E-state index in [1.165, 1.54) is 29.4 Å². The van der Waals surface area contributed by atoms with E-state index in [2.05, 4.69) is 31.9 Å². The van der Waals surface area contributed by atoms with Crippen LogP contribution in [0.1, 0.15) is 40.3 Å². The summed E-state index contributed by atoms with van der Waals surface area (Å²) in [4.78, 5) is 61.0. The fourth-order valence-electron chi connectivity index (χ4n) is 8.98. The maximum Gasteiger partial charge on any atom is 0.234 e. The zero-order chi connectivity index (χ0) is 34.9. The minimum Gasteiger partial charge on any atom is -0.503 e. The molecule has 0 radical (unpaired) electrons. The van der Waals surface area contributed by atoms with E-state index >= 15 is 9.59 Å². The van der Waals surface area contributed by atoms with Gasteiger partial charge in [0.05, 0.1) is 35.4 Å². The summed E-state index contributed by atoms with van der Waals surface area (Å²) < 4.78 is 6.47. The van der Waals surface area contributed by atoms with Crippen molar-refractivity contribution < 1.29 is 29.0 Å². The predicted octanol–water partition coefficient (Wildman–Crippen LogP) is 8.01. The number of carbonyl (C=O) groups is 4. The van der Waals surface area contributed by atoms with Crippen LogP contribution in [0.5, 0.6) is 11.5 Å². The van der Waals surface area contributed by atoms with Gasteiger partial charge >= 0.3 is 0 Å². The van der Waals surface area contributed by atoms with Gasteiger partial charge in [-0.3, -0.25) is 24.1 Å². The highest BCUT2D eigenvalue weighted by Gasteiger charge is 2.66. The first-order valence-electron chi connectivity index (χ1n) is 16.4. The summed E-state index contributed by atoms with van der Waals surface area (Å²) in [5.41, 5.74) is 1.72. The number of methoxy groups -OCH3 is 1. The highest BCUT2D eigenvalue weighted by atomic mass is 79.9. The number of rotatable bonds is 6. The number of ether oxygens (including phenoxy) is 1. The van der Waals surface area contributed by atoms with Gasteiger partial charge in [0.1, 0.15) is 0 Å². The molecule has 0 unspecified atom stereocenters. The summed E-state index contributed by atoms with van der Waals surface area (Å²) in [6.45, 7) is 0.206. The number of allylic oxidation sites excluding steroid dienone is 4. The van der Waals surface area contributed by atoms with Gasteiger partial charge in [-0.25, -0.2) is 0 Å². The Morgan fingerprint density at radius 1 is 0.920 bits per heavy atom. The molecule has 1 saturated carbocycles. The number of ketones is 2. The summed E-state index contributed by atoms with van der Waals surface area (Å²) in [7, 11) is 1.46. The Morgan fingerprint density at radius 3 is 2.32 bits per heavy atom. The molecule has 4 aromatic rings. The summed E-state index contributed by atoms with van der Waals surface area (Å²) in [6, 6.07) is 24.1. The Hall–Kier alpha value is -4.12. The molecule has 2 amide bonds. The van der Waals surface area contributed by atoms with E-state index in [4.69, 9.17) is 4.74 Å². The van der Waals surface area contributed by atoms with Crippen molar-refractivity contribution in [2.45, 2.75) is 30.7 Å². The minimum atomic E-state index is -1.40. The van der Waals surface area contributed by atoms with Crippen molar-refractivity contribution in [3.05, 3.63) is 132 Å². The van der Waals surface area contributed by atoms with E-state index in [1.54, 1.807) is 6.07 Å². The molecule has 252 valence electrons. The van der Waals surface area contributed by atoms with E-state index in [-0.39, 0.29) is 47.8 Å². The number of fused-ring (bicyclic) bond motifs is 4. The van der Waals surface area contributed by atoms with Gasteiger partial charge in [0.15, 0.2) is 23.1 Å². The summed E-state index contributed by atoms with van der Waals surface area (Å²) in [6.07, 6.45) is 4.07. The minimum absolute atomic E-state index is 0.114. The van der Waals surface area contributed by atoms with Gasteiger partial charge in [-0.2, -0.15) is 0 Å². The average molecular weight is 814 g/mol. The van der Waals surface area contributed by atoms with Gasteiger partial charge in [0, 0.05) is 26.8 Å². The van der Waals surface area contributed by atoms with Crippen molar-refractivity contribution in [1.29, 1.82) is 0 Å². The third kappa shape index (κ3) is 4.78. The van der Waals surface area contributed by atoms with Crippen LogP contribution >= 0.6 is 43.2 Å². The number of carbonyl (C=O) groups excluding carboxylic acids is 4. The Bertz CT molecular complexity index is 2130. The number of phenols is 1. The molecule has 0 bridgehead atoms. The number of thiophene rings is 1.